The van der Waals surface area contributed by atoms with Gasteiger partial charge < -0.3 is 10.8 Å². The zero-order chi connectivity index (χ0) is 16.6. The van der Waals surface area contributed by atoms with Crippen molar-refractivity contribution in [1.29, 1.82) is 0 Å². The van der Waals surface area contributed by atoms with Gasteiger partial charge in [-0.2, -0.15) is 0 Å². The fourth-order valence-corrected chi connectivity index (χ4v) is 2.89. The van der Waals surface area contributed by atoms with Crippen molar-refractivity contribution in [3.63, 3.8) is 0 Å². The second kappa shape index (κ2) is 5.67. The summed E-state index contributed by atoms with van der Waals surface area (Å²) in [5.74, 6) is -0.756. The van der Waals surface area contributed by atoms with Crippen molar-refractivity contribution in [2.75, 3.05) is 6.54 Å². The maximum atomic E-state index is 11.7. The molecule has 2 aromatic rings. The van der Waals surface area contributed by atoms with Crippen molar-refractivity contribution in [1.82, 2.24) is 24.4 Å². The van der Waals surface area contributed by atoms with Gasteiger partial charge in [-0.15, -0.1) is 0 Å². The normalized spacial score (nSPS) is 20.7. The zero-order valence-electron chi connectivity index (χ0n) is 12.5. The third-order valence-corrected chi connectivity index (χ3v) is 3.91. The Hall–Kier alpha value is -2.97. The Morgan fingerprint density at radius 1 is 1.39 bits per heavy atom. The number of hydrogen-bond acceptors (Lipinski definition) is 5. The smallest absolute Gasteiger partial charge is 0.407 e. The van der Waals surface area contributed by atoms with E-state index in [0.717, 1.165) is 0 Å². The highest BCUT2D eigenvalue weighted by Crippen LogP contribution is 2.36. The summed E-state index contributed by atoms with van der Waals surface area (Å²) in [6, 6.07) is 0.983. The van der Waals surface area contributed by atoms with Crippen molar-refractivity contribution < 1.29 is 14.7 Å². The molecule has 2 aromatic heterocycles. The summed E-state index contributed by atoms with van der Waals surface area (Å²) in [6.07, 6.45) is 4.12. The molecule has 2 amide bonds. The minimum atomic E-state index is -1.10. The largest absolute Gasteiger partial charge is 0.465 e. The van der Waals surface area contributed by atoms with Crippen LogP contribution in [0.2, 0.25) is 0 Å². The molecule has 0 aliphatic carbocycles. The third kappa shape index (κ3) is 2.72. The predicted octanol–water partition coefficient (Wildman–Crippen LogP) is 0.497. The van der Waals surface area contributed by atoms with Gasteiger partial charge in [0.15, 0.2) is 0 Å². The molecular formula is C14H16N6O3. The van der Waals surface area contributed by atoms with Crippen LogP contribution in [0.25, 0.3) is 5.95 Å². The van der Waals surface area contributed by atoms with Gasteiger partial charge in [0.2, 0.25) is 11.9 Å². The van der Waals surface area contributed by atoms with E-state index in [9.17, 15) is 14.7 Å². The molecule has 0 aromatic carbocycles. The fourth-order valence-electron chi connectivity index (χ4n) is 2.89. The summed E-state index contributed by atoms with van der Waals surface area (Å²) in [5, 5.41) is 9.38. The SMILES string of the molecule is Cc1cc(C2C(C(N)=O)CCN2C(=O)O)nc(-n2ccnc2)n1. The molecule has 1 aliphatic rings. The van der Waals surface area contributed by atoms with Crippen LogP contribution in [0.3, 0.4) is 0 Å². The van der Waals surface area contributed by atoms with E-state index in [-0.39, 0.29) is 6.54 Å². The quantitative estimate of drug-likeness (QED) is 0.848. The molecule has 120 valence electrons. The van der Waals surface area contributed by atoms with Crippen molar-refractivity contribution in [2.45, 2.75) is 19.4 Å². The van der Waals surface area contributed by atoms with Gasteiger partial charge >= 0.3 is 6.09 Å². The summed E-state index contributed by atoms with van der Waals surface area (Å²) in [4.78, 5) is 37.1. The van der Waals surface area contributed by atoms with Crippen molar-refractivity contribution in [2.24, 2.45) is 11.7 Å². The van der Waals surface area contributed by atoms with Crippen molar-refractivity contribution in [3.8, 4) is 5.95 Å². The lowest BCUT2D eigenvalue weighted by molar-refractivity contribution is -0.122. The maximum Gasteiger partial charge on any atom is 0.407 e. The molecule has 0 bridgehead atoms. The molecule has 0 spiro atoms. The number of carboxylic acid groups (broad SMARTS) is 1. The number of nitrogens with zero attached hydrogens (tertiary/aromatic N) is 5. The van der Waals surface area contributed by atoms with Crippen LogP contribution in [0.5, 0.6) is 0 Å². The van der Waals surface area contributed by atoms with Gasteiger partial charge in [0.25, 0.3) is 0 Å². The van der Waals surface area contributed by atoms with E-state index in [1.165, 1.54) is 4.90 Å². The molecule has 3 N–H and O–H groups in total. The molecule has 1 fully saturated rings. The lowest BCUT2D eigenvalue weighted by Gasteiger charge is -2.24. The molecule has 2 atom stereocenters. The second-order valence-electron chi connectivity index (χ2n) is 5.42. The molecule has 3 heterocycles. The third-order valence-electron chi connectivity index (χ3n) is 3.91. The average molecular weight is 316 g/mol. The Labute approximate surface area is 131 Å². The number of rotatable bonds is 3. The molecule has 3 rings (SSSR count). The van der Waals surface area contributed by atoms with Crippen molar-refractivity contribution >= 4 is 12.0 Å². The van der Waals surface area contributed by atoms with Gasteiger partial charge in [-0.05, 0) is 19.4 Å². The van der Waals surface area contributed by atoms with Crippen LogP contribution in [0, 0.1) is 12.8 Å². The number of imidazole rings is 1. The summed E-state index contributed by atoms with van der Waals surface area (Å²) in [7, 11) is 0. The number of likely N-dealkylation sites (tertiary alicyclic amines) is 1. The molecular weight excluding hydrogens is 300 g/mol. The monoisotopic (exact) mass is 316 g/mol. The number of aromatic nitrogens is 4. The molecule has 0 radical (unpaired) electrons. The number of carbonyl (C=O) groups is 2. The first-order chi connectivity index (χ1) is 11.0. The number of hydrogen-bond donors (Lipinski definition) is 2. The highest BCUT2D eigenvalue weighted by molar-refractivity contribution is 5.79. The summed E-state index contributed by atoms with van der Waals surface area (Å²) in [6.45, 7) is 2.03. The van der Waals surface area contributed by atoms with Gasteiger partial charge in [0.05, 0.1) is 17.7 Å². The Morgan fingerprint density at radius 2 is 2.17 bits per heavy atom. The zero-order valence-corrected chi connectivity index (χ0v) is 12.5. The van der Waals surface area contributed by atoms with E-state index in [1.54, 1.807) is 36.3 Å². The van der Waals surface area contributed by atoms with Gasteiger partial charge in [0.1, 0.15) is 6.33 Å². The molecule has 9 nitrogen and oxygen atoms in total. The maximum absolute atomic E-state index is 11.7. The lowest BCUT2D eigenvalue weighted by atomic mass is 9.96. The van der Waals surface area contributed by atoms with Crippen molar-refractivity contribution in [3.05, 3.63) is 36.2 Å². The van der Waals surface area contributed by atoms with Crippen LogP contribution in [0.4, 0.5) is 4.79 Å². The summed E-state index contributed by atoms with van der Waals surface area (Å²) < 4.78 is 1.62. The standard InChI is InChI=1S/C14H16N6O3/c1-8-6-10(18-13(17-8)19-5-3-16-7-19)11-9(12(15)21)2-4-20(11)14(22)23/h3,5-7,9,11H,2,4H2,1H3,(H2,15,21)(H,22,23). The summed E-state index contributed by atoms with van der Waals surface area (Å²) >= 11 is 0. The molecule has 1 aliphatic heterocycles. The Morgan fingerprint density at radius 3 is 2.78 bits per heavy atom. The van der Waals surface area contributed by atoms with Crippen LogP contribution in [-0.4, -0.2) is 48.1 Å². The summed E-state index contributed by atoms with van der Waals surface area (Å²) in [5.41, 5.74) is 6.57. The van der Waals surface area contributed by atoms with Crippen LogP contribution in [0.1, 0.15) is 23.9 Å². The minimum absolute atomic E-state index is 0.247. The molecule has 23 heavy (non-hydrogen) atoms. The van der Waals surface area contributed by atoms with Gasteiger partial charge in [-0.1, -0.05) is 0 Å². The second-order valence-corrected chi connectivity index (χ2v) is 5.42. The van der Waals surface area contributed by atoms with Gasteiger partial charge in [-0.3, -0.25) is 14.3 Å². The van der Waals surface area contributed by atoms with Crippen LogP contribution < -0.4 is 5.73 Å². The van der Waals surface area contributed by atoms with E-state index in [4.69, 9.17) is 5.73 Å². The van der Waals surface area contributed by atoms with E-state index >= 15 is 0 Å². The van der Waals surface area contributed by atoms with E-state index < -0.39 is 24.0 Å². The highest BCUT2D eigenvalue weighted by atomic mass is 16.4. The average Bonchev–Trinajstić information content (AvgIpc) is 3.16. The first kappa shape index (κ1) is 14.9. The minimum Gasteiger partial charge on any atom is -0.465 e. The van der Waals surface area contributed by atoms with E-state index in [0.29, 0.717) is 23.8 Å². The first-order valence-corrected chi connectivity index (χ1v) is 7.10. The number of amides is 2. The Kier molecular flexibility index (Phi) is 3.68. The Balaban J connectivity index is 2.07. The number of carbonyl (C=O) groups excluding carboxylic acids is 1. The highest BCUT2D eigenvalue weighted by Gasteiger charge is 2.42. The van der Waals surface area contributed by atoms with E-state index in [1.807, 2.05) is 0 Å². The topological polar surface area (TPSA) is 127 Å². The molecule has 2 unspecified atom stereocenters. The number of primary amides is 1. The molecule has 0 saturated carbocycles. The first-order valence-electron chi connectivity index (χ1n) is 7.10. The Bertz CT molecular complexity index is 723. The lowest BCUT2D eigenvalue weighted by Crippen LogP contribution is -2.35. The molecule has 9 heteroatoms. The molecule has 1 saturated heterocycles. The van der Waals surface area contributed by atoms with Crippen LogP contribution in [0.15, 0.2) is 24.8 Å². The van der Waals surface area contributed by atoms with Gasteiger partial charge in [0, 0.05) is 24.6 Å². The number of nitrogens with two attached hydrogens (primary N) is 1. The van der Waals surface area contributed by atoms with Crippen LogP contribution in [-0.2, 0) is 4.79 Å². The predicted molar refractivity (Wildman–Crippen MR) is 78.7 cm³/mol. The van der Waals surface area contributed by atoms with Gasteiger partial charge in [-0.25, -0.2) is 19.7 Å². The van der Waals surface area contributed by atoms with Crippen LogP contribution >= 0.6 is 0 Å². The van der Waals surface area contributed by atoms with E-state index in [2.05, 4.69) is 15.0 Å². The number of aryl methyl sites for hydroxylation is 1. The fraction of sp³-hybridized carbons (Fsp3) is 0.357.